The van der Waals surface area contributed by atoms with Gasteiger partial charge in [-0.25, -0.2) is 4.39 Å². The molecule has 170 valence electrons. The number of fused-ring (bicyclic) bond motifs is 1. The SMILES string of the molecule is CC1(C)CC(=O)Nc2ccc(C(=O)N3CCC(c4nc(-c5ccc(F)cc5)no4)CC3)cc21. The van der Waals surface area contributed by atoms with E-state index in [4.69, 9.17) is 4.52 Å². The van der Waals surface area contributed by atoms with E-state index in [1.54, 1.807) is 18.2 Å². The summed E-state index contributed by atoms with van der Waals surface area (Å²) in [5.41, 5.74) is 2.78. The first kappa shape index (κ1) is 21.3. The Morgan fingerprint density at radius 2 is 1.88 bits per heavy atom. The largest absolute Gasteiger partial charge is 0.339 e. The standard InChI is InChI=1S/C25H25FN4O3/c1-25(2)14-21(31)27-20-8-5-17(13-19(20)25)24(32)30-11-9-16(10-12-30)23-28-22(29-33-23)15-3-6-18(26)7-4-15/h3-8,13,16H,9-12,14H2,1-2H3,(H,27,31). The highest BCUT2D eigenvalue weighted by atomic mass is 19.1. The smallest absolute Gasteiger partial charge is 0.253 e. The molecule has 5 rings (SSSR count). The zero-order valence-electron chi connectivity index (χ0n) is 18.6. The van der Waals surface area contributed by atoms with Gasteiger partial charge in [0.25, 0.3) is 5.91 Å². The minimum atomic E-state index is -0.318. The van der Waals surface area contributed by atoms with Crippen molar-refractivity contribution in [3.8, 4) is 11.4 Å². The summed E-state index contributed by atoms with van der Waals surface area (Å²) in [5, 5.41) is 6.93. The Balaban J connectivity index is 1.26. The Labute approximate surface area is 191 Å². The van der Waals surface area contributed by atoms with E-state index in [-0.39, 0.29) is 29.0 Å². The number of halogens is 1. The molecule has 0 atom stereocenters. The van der Waals surface area contributed by atoms with Crippen LogP contribution in [-0.4, -0.2) is 39.9 Å². The predicted molar refractivity (Wildman–Crippen MR) is 120 cm³/mol. The lowest BCUT2D eigenvalue weighted by atomic mass is 9.77. The Morgan fingerprint density at radius 1 is 1.15 bits per heavy atom. The van der Waals surface area contributed by atoms with Crippen LogP contribution in [0.15, 0.2) is 47.0 Å². The molecule has 1 fully saturated rings. The molecule has 0 aliphatic carbocycles. The highest BCUT2D eigenvalue weighted by Gasteiger charge is 2.33. The maximum absolute atomic E-state index is 13.2. The van der Waals surface area contributed by atoms with Gasteiger partial charge in [0.05, 0.1) is 0 Å². The van der Waals surface area contributed by atoms with E-state index >= 15 is 0 Å². The van der Waals surface area contributed by atoms with Crippen LogP contribution in [-0.2, 0) is 10.2 Å². The van der Waals surface area contributed by atoms with E-state index in [0.29, 0.717) is 42.4 Å². The zero-order chi connectivity index (χ0) is 23.2. The van der Waals surface area contributed by atoms with Gasteiger partial charge in [-0.15, -0.1) is 0 Å². The van der Waals surface area contributed by atoms with Crippen LogP contribution >= 0.6 is 0 Å². The van der Waals surface area contributed by atoms with Gasteiger partial charge in [-0.3, -0.25) is 9.59 Å². The van der Waals surface area contributed by atoms with Crippen molar-refractivity contribution in [2.24, 2.45) is 0 Å². The van der Waals surface area contributed by atoms with Crippen molar-refractivity contribution >= 4 is 17.5 Å². The van der Waals surface area contributed by atoms with Crippen molar-refractivity contribution in [3.05, 3.63) is 65.3 Å². The lowest BCUT2D eigenvalue weighted by Gasteiger charge is -2.33. The van der Waals surface area contributed by atoms with Gasteiger partial charge in [-0.1, -0.05) is 19.0 Å². The highest BCUT2D eigenvalue weighted by molar-refractivity contribution is 5.99. The summed E-state index contributed by atoms with van der Waals surface area (Å²) in [7, 11) is 0. The summed E-state index contributed by atoms with van der Waals surface area (Å²) < 4.78 is 18.6. The molecule has 3 aromatic rings. The van der Waals surface area contributed by atoms with Crippen LogP contribution in [0.1, 0.15) is 60.8 Å². The number of amides is 2. The van der Waals surface area contributed by atoms with E-state index in [0.717, 1.165) is 24.1 Å². The normalized spacial score (nSPS) is 18.0. The summed E-state index contributed by atoms with van der Waals surface area (Å²) in [6.45, 7) is 5.23. The molecule has 0 bridgehead atoms. The third-order valence-electron chi connectivity index (χ3n) is 6.55. The fourth-order valence-corrected chi connectivity index (χ4v) is 4.67. The van der Waals surface area contributed by atoms with Gasteiger partial charge in [-0.2, -0.15) is 4.98 Å². The minimum Gasteiger partial charge on any atom is -0.339 e. The lowest BCUT2D eigenvalue weighted by molar-refractivity contribution is -0.117. The highest BCUT2D eigenvalue weighted by Crippen LogP contribution is 2.38. The number of rotatable bonds is 3. The third-order valence-corrected chi connectivity index (χ3v) is 6.55. The van der Waals surface area contributed by atoms with Gasteiger partial charge in [0, 0.05) is 47.7 Å². The Hall–Kier alpha value is -3.55. The molecule has 1 aromatic heterocycles. The maximum Gasteiger partial charge on any atom is 0.253 e. The molecule has 3 heterocycles. The molecule has 2 aromatic carbocycles. The van der Waals surface area contributed by atoms with Gasteiger partial charge in [0.1, 0.15) is 5.82 Å². The second-order valence-electron chi connectivity index (χ2n) is 9.40. The molecule has 33 heavy (non-hydrogen) atoms. The number of carbonyl (C=O) groups excluding carboxylic acids is 2. The first-order valence-corrected chi connectivity index (χ1v) is 11.1. The molecule has 7 nitrogen and oxygen atoms in total. The number of nitrogens with one attached hydrogen (secondary N) is 1. The van der Waals surface area contributed by atoms with Crippen molar-refractivity contribution in [2.45, 2.75) is 44.4 Å². The number of hydrogen-bond acceptors (Lipinski definition) is 5. The van der Waals surface area contributed by atoms with Crippen molar-refractivity contribution in [1.82, 2.24) is 15.0 Å². The molecule has 8 heteroatoms. The summed E-state index contributed by atoms with van der Waals surface area (Å²) in [6, 6.07) is 11.5. The second kappa shape index (κ2) is 8.10. The van der Waals surface area contributed by atoms with Crippen LogP contribution in [0, 0.1) is 5.82 Å². The maximum atomic E-state index is 13.2. The molecule has 2 aliphatic heterocycles. The Bertz CT molecular complexity index is 1210. The number of hydrogen-bond donors (Lipinski definition) is 1. The van der Waals surface area contributed by atoms with E-state index < -0.39 is 0 Å². The summed E-state index contributed by atoms with van der Waals surface area (Å²) in [5.74, 6) is 0.735. The quantitative estimate of drug-likeness (QED) is 0.637. The average Bonchev–Trinajstić information content (AvgIpc) is 3.29. The first-order chi connectivity index (χ1) is 15.8. The van der Waals surface area contributed by atoms with Gasteiger partial charge >= 0.3 is 0 Å². The van der Waals surface area contributed by atoms with Crippen molar-refractivity contribution in [2.75, 3.05) is 18.4 Å². The van der Waals surface area contributed by atoms with E-state index in [2.05, 4.69) is 15.5 Å². The van der Waals surface area contributed by atoms with Gasteiger partial charge in [0.2, 0.25) is 17.6 Å². The number of aromatic nitrogens is 2. The molecule has 0 unspecified atom stereocenters. The van der Waals surface area contributed by atoms with Crippen LogP contribution in [0.5, 0.6) is 0 Å². The molecule has 1 N–H and O–H groups in total. The molecular weight excluding hydrogens is 423 g/mol. The third kappa shape index (κ3) is 4.13. The number of anilines is 1. The number of carbonyl (C=O) groups is 2. The second-order valence-corrected chi connectivity index (χ2v) is 9.40. The van der Waals surface area contributed by atoms with Crippen LogP contribution < -0.4 is 5.32 Å². The summed E-state index contributed by atoms with van der Waals surface area (Å²) >= 11 is 0. The van der Waals surface area contributed by atoms with Crippen LogP contribution in [0.25, 0.3) is 11.4 Å². The van der Waals surface area contributed by atoms with E-state index in [9.17, 15) is 14.0 Å². The van der Waals surface area contributed by atoms with Gasteiger partial charge in [0.15, 0.2) is 0 Å². The zero-order valence-corrected chi connectivity index (χ0v) is 18.6. The molecule has 2 amide bonds. The Kier molecular flexibility index (Phi) is 5.23. The summed E-state index contributed by atoms with van der Waals surface area (Å²) in [4.78, 5) is 31.5. The van der Waals surface area contributed by atoms with Gasteiger partial charge < -0.3 is 14.7 Å². The number of piperidine rings is 1. The van der Waals surface area contributed by atoms with Crippen LogP contribution in [0.2, 0.25) is 0 Å². The fourth-order valence-electron chi connectivity index (χ4n) is 4.67. The molecule has 0 saturated carbocycles. The van der Waals surface area contributed by atoms with E-state index in [1.165, 1.54) is 12.1 Å². The first-order valence-electron chi connectivity index (χ1n) is 11.1. The minimum absolute atomic E-state index is 0.00254. The Morgan fingerprint density at radius 3 is 2.61 bits per heavy atom. The predicted octanol–water partition coefficient (Wildman–Crippen LogP) is 4.52. The van der Waals surface area contributed by atoms with Crippen molar-refractivity contribution in [1.29, 1.82) is 0 Å². The lowest BCUT2D eigenvalue weighted by Crippen LogP contribution is -2.38. The van der Waals surface area contributed by atoms with Crippen LogP contribution in [0.4, 0.5) is 10.1 Å². The molecular formula is C25H25FN4O3. The van der Waals surface area contributed by atoms with E-state index in [1.807, 2.05) is 30.9 Å². The molecule has 0 radical (unpaired) electrons. The van der Waals surface area contributed by atoms with Gasteiger partial charge in [-0.05, 0) is 60.9 Å². The van der Waals surface area contributed by atoms with Crippen molar-refractivity contribution in [3.63, 3.8) is 0 Å². The molecule has 1 saturated heterocycles. The number of benzene rings is 2. The van der Waals surface area contributed by atoms with Crippen molar-refractivity contribution < 1.29 is 18.5 Å². The summed E-state index contributed by atoms with van der Waals surface area (Å²) in [6.07, 6.45) is 1.85. The monoisotopic (exact) mass is 448 g/mol. The number of likely N-dealkylation sites (tertiary alicyclic amines) is 1. The molecule has 2 aliphatic rings. The molecule has 0 spiro atoms. The number of nitrogens with zero attached hydrogens (tertiary/aromatic N) is 3. The topological polar surface area (TPSA) is 88.3 Å². The van der Waals surface area contributed by atoms with Crippen LogP contribution in [0.3, 0.4) is 0 Å². The average molecular weight is 448 g/mol. The fraction of sp³-hybridized carbons (Fsp3) is 0.360.